The fourth-order valence-corrected chi connectivity index (χ4v) is 2.75. The van der Waals surface area contributed by atoms with Gasteiger partial charge < -0.3 is 5.32 Å². The lowest BCUT2D eigenvalue weighted by molar-refractivity contribution is 0.682. The van der Waals surface area contributed by atoms with E-state index >= 15 is 0 Å². The number of nitrogens with one attached hydrogen (secondary N) is 1. The minimum absolute atomic E-state index is 0.912. The molecule has 0 unspecified atom stereocenters. The van der Waals surface area contributed by atoms with E-state index in [-0.39, 0.29) is 0 Å². The van der Waals surface area contributed by atoms with Crippen molar-refractivity contribution in [3.63, 3.8) is 0 Å². The van der Waals surface area contributed by atoms with Gasteiger partial charge in [-0.25, -0.2) is 4.98 Å². The summed E-state index contributed by atoms with van der Waals surface area (Å²) in [5, 5.41) is 8.18. The van der Waals surface area contributed by atoms with Gasteiger partial charge in [0.25, 0.3) is 0 Å². The van der Waals surface area contributed by atoms with Crippen molar-refractivity contribution in [2.45, 2.75) is 13.0 Å². The highest BCUT2D eigenvalue weighted by Crippen LogP contribution is 2.15. The maximum atomic E-state index is 4.28. The summed E-state index contributed by atoms with van der Waals surface area (Å²) in [5.41, 5.74) is 4.39. The average Bonchev–Trinajstić information content (AvgIpc) is 2.97. The van der Waals surface area contributed by atoms with Gasteiger partial charge in [0.05, 0.1) is 11.2 Å². The van der Waals surface area contributed by atoms with Crippen molar-refractivity contribution in [1.29, 1.82) is 0 Å². The normalized spacial score (nSPS) is 10.9. The van der Waals surface area contributed by atoms with E-state index < -0.39 is 0 Å². The molecule has 0 aliphatic heterocycles. The third kappa shape index (κ3) is 3.19. The number of nitrogens with zero attached hydrogens (tertiary/aromatic N) is 1. The predicted octanol–water partition coefficient (Wildman–Crippen LogP) is 3.63. The Morgan fingerprint density at radius 2 is 1.95 bits per heavy atom. The molecule has 0 atom stereocenters. The standard InChI is InChI=1S/C16H16N2S/c1-2-4-15-9-13(5-6-14(15)3-1)10-17-8-7-16-11-19-12-18-16/h1-6,9,11-12,17H,7-8,10H2. The predicted molar refractivity (Wildman–Crippen MR) is 81.5 cm³/mol. The van der Waals surface area contributed by atoms with E-state index in [4.69, 9.17) is 0 Å². The van der Waals surface area contributed by atoms with E-state index in [0.29, 0.717) is 0 Å². The van der Waals surface area contributed by atoms with E-state index in [1.54, 1.807) is 11.3 Å². The van der Waals surface area contributed by atoms with Crippen LogP contribution in [-0.2, 0) is 13.0 Å². The third-order valence-corrected chi connectivity index (χ3v) is 3.82. The number of rotatable bonds is 5. The van der Waals surface area contributed by atoms with Crippen LogP contribution in [0.15, 0.2) is 53.4 Å². The lowest BCUT2D eigenvalue weighted by Gasteiger charge is -2.05. The van der Waals surface area contributed by atoms with Crippen LogP contribution in [0.4, 0.5) is 0 Å². The second-order valence-electron chi connectivity index (χ2n) is 4.59. The molecule has 0 aliphatic carbocycles. The largest absolute Gasteiger partial charge is 0.312 e. The van der Waals surface area contributed by atoms with Crippen LogP contribution in [0.2, 0.25) is 0 Å². The highest BCUT2D eigenvalue weighted by Gasteiger charge is 1.97. The molecule has 0 aliphatic rings. The van der Waals surface area contributed by atoms with Crippen LogP contribution in [0.5, 0.6) is 0 Å². The molecule has 1 aromatic heterocycles. The molecule has 0 bridgehead atoms. The van der Waals surface area contributed by atoms with Crippen LogP contribution in [0.1, 0.15) is 11.3 Å². The first-order chi connectivity index (χ1) is 9.42. The highest BCUT2D eigenvalue weighted by molar-refractivity contribution is 7.07. The summed E-state index contributed by atoms with van der Waals surface area (Å²) in [4.78, 5) is 4.28. The number of hydrogen-bond acceptors (Lipinski definition) is 3. The number of hydrogen-bond donors (Lipinski definition) is 1. The average molecular weight is 268 g/mol. The molecule has 0 spiro atoms. The fraction of sp³-hybridized carbons (Fsp3) is 0.188. The molecule has 3 heteroatoms. The molecule has 1 N–H and O–H groups in total. The molecule has 0 radical (unpaired) electrons. The van der Waals surface area contributed by atoms with Crippen molar-refractivity contribution in [1.82, 2.24) is 10.3 Å². The van der Waals surface area contributed by atoms with Gasteiger partial charge in [-0.2, -0.15) is 0 Å². The Labute approximate surface area is 117 Å². The van der Waals surface area contributed by atoms with Crippen molar-refractivity contribution in [2.75, 3.05) is 6.54 Å². The highest BCUT2D eigenvalue weighted by atomic mass is 32.1. The quantitative estimate of drug-likeness (QED) is 0.715. The summed E-state index contributed by atoms with van der Waals surface area (Å²) in [6.45, 7) is 1.88. The lowest BCUT2D eigenvalue weighted by Crippen LogP contribution is -2.16. The zero-order valence-electron chi connectivity index (χ0n) is 10.7. The van der Waals surface area contributed by atoms with Gasteiger partial charge >= 0.3 is 0 Å². The minimum Gasteiger partial charge on any atom is -0.312 e. The van der Waals surface area contributed by atoms with Crippen LogP contribution in [-0.4, -0.2) is 11.5 Å². The number of benzene rings is 2. The van der Waals surface area contributed by atoms with Crippen LogP contribution in [0.3, 0.4) is 0 Å². The molecule has 19 heavy (non-hydrogen) atoms. The summed E-state index contributed by atoms with van der Waals surface area (Å²) < 4.78 is 0. The Hall–Kier alpha value is -1.71. The molecule has 0 fully saturated rings. The van der Waals surface area contributed by atoms with Crippen molar-refractivity contribution in [3.8, 4) is 0 Å². The molecule has 3 rings (SSSR count). The van der Waals surface area contributed by atoms with Crippen molar-refractivity contribution in [2.24, 2.45) is 0 Å². The molecule has 2 aromatic carbocycles. The Morgan fingerprint density at radius 3 is 2.79 bits per heavy atom. The summed E-state index contributed by atoms with van der Waals surface area (Å²) >= 11 is 1.66. The fourth-order valence-electron chi connectivity index (χ4n) is 2.16. The van der Waals surface area contributed by atoms with Crippen LogP contribution >= 0.6 is 11.3 Å². The minimum atomic E-state index is 0.912. The van der Waals surface area contributed by atoms with Crippen molar-refractivity contribution < 1.29 is 0 Å². The van der Waals surface area contributed by atoms with Gasteiger partial charge in [0.2, 0.25) is 0 Å². The SMILES string of the molecule is c1ccc2cc(CNCCc3cscn3)ccc2c1. The monoisotopic (exact) mass is 268 g/mol. The van der Waals surface area contributed by atoms with Gasteiger partial charge in [0.1, 0.15) is 0 Å². The van der Waals surface area contributed by atoms with Gasteiger partial charge in [-0.15, -0.1) is 11.3 Å². The second kappa shape index (κ2) is 5.95. The Bertz CT molecular complexity index is 647. The van der Waals surface area contributed by atoms with Crippen molar-refractivity contribution >= 4 is 22.1 Å². The van der Waals surface area contributed by atoms with Gasteiger partial charge in [-0.1, -0.05) is 36.4 Å². The summed E-state index contributed by atoms with van der Waals surface area (Å²) in [7, 11) is 0. The maximum Gasteiger partial charge on any atom is 0.0794 e. The molecular weight excluding hydrogens is 252 g/mol. The van der Waals surface area contributed by atoms with Crippen LogP contribution in [0.25, 0.3) is 10.8 Å². The first kappa shape index (κ1) is 12.3. The first-order valence-electron chi connectivity index (χ1n) is 6.47. The number of thiazole rings is 1. The summed E-state index contributed by atoms with van der Waals surface area (Å²) in [6, 6.07) is 15.1. The molecule has 0 saturated heterocycles. The number of aromatic nitrogens is 1. The third-order valence-electron chi connectivity index (χ3n) is 3.18. The molecule has 0 amide bonds. The zero-order chi connectivity index (χ0) is 12.9. The van der Waals surface area contributed by atoms with Crippen LogP contribution < -0.4 is 5.32 Å². The molecular formula is C16H16N2S. The number of fused-ring (bicyclic) bond motifs is 1. The first-order valence-corrected chi connectivity index (χ1v) is 7.41. The maximum absolute atomic E-state index is 4.28. The molecule has 0 saturated carbocycles. The Kier molecular flexibility index (Phi) is 3.86. The zero-order valence-corrected chi connectivity index (χ0v) is 11.5. The second-order valence-corrected chi connectivity index (χ2v) is 5.31. The van der Waals surface area contributed by atoms with Gasteiger partial charge in [0, 0.05) is 24.9 Å². The Morgan fingerprint density at radius 1 is 1.05 bits per heavy atom. The molecule has 96 valence electrons. The molecule has 1 heterocycles. The van der Waals surface area contributed by atoms with E-state index in [2.05, 4.69) is 58.1 Å². The van der Waals surface area contributed by atoms with Gasteiger partial charge in [0.15, 0.2) is 0 Å². The Balaban J connectivity index is 1.56. The van der Waals surface area contributed by atoms with E-state index in [1.807, 2.05) is 5.51 Å². The topological polar surface area (TPSA) is 24.9 Å². The van der Waals surface area contributed by atoms with E-state index in [1.165, 1.54) is 22.0 Å². The van der Waals surface area contributed by atoms with Gasteiger partial charge in [-0.05, 0) is 22.4 Å². The smallest absolute Gasteiger partial charge is 0.0794 e. The molecule has 3 aromatic rings. The van der Waals surface area contributed by atoms with E-state index in [9.17, 15) is 0 Å². The summed E-state index contributed by atoms with van der Waals surface area (Å²) in [6.07, 6.45) is 0.997. The van der Waals surface area contributed by atoms with E-state index in [0.717, 1.165) is 19.5 Å². The van der Waals surface area contributed by atoms with Crippen LogP contribution in [0, 0.1) is 0 Å². The summed E-state index contributed by atoms with van der Waals surface area (Å²) in [5.74, 6) is 0. The lowest BCUT2D eigenvalue weighted by atomic mass is 10.1. The van der Waals surface area contributed by atoms with Crippen molar-refractivity contribution in [3.05, 3.63) is 64.6 Å². The molecule has 2 nitrogen and oxygen atoms in total. The van der Waals surface area contributed by atoms with Gasteiger partial charge in [-0.3, -0.25) is 0 Å².